The van der Waals surface area contributed by atoms with Crippen LogP contribution >= 0.6 is 0 Å². The first-order valence-corrected chi connectivity index (χ1v) is 18.2. The number of fused-ring (bicyclic) bond motifs is 2. The minimum Gasteiger partial charge on any atom is -0.300 e. The molecule has 0 saturated heterocycles. The fourth-order valence-electron chi connectivity index (χ4n) is 7.80. The van der Waals surface area contributed by atoms with Crippen molar-refractivity contribution < 1.29 is 0 Å². The molecule has 0 aliphatic carbocycles. The lowest BCUT2D eigenvalue weighted by Crippen LogP contribution is -1.96. The first kappa shape index (κ1) is 31.4. The van der Waals surface area contributed by atoms with Gasteiger partial charge in [0.1, 0.15) is 11.6 Å². The summed E-state index contributed by atoms with van der Waals surface area (Å²) < 4.78 is 4.29. The molecule has 0 bridgehead atoms. The van der Waals surface area contributed by atoms with E-state index in [2.05, 4.69) is 165 Å². The van der Waals surface area contributed by atoms with Gasteiger partial charge in [-0.1, -0.05) is 158 Å². The monoisotopic (exact) mass is 690 g/mol. The van der Waals surface area contributed by atoms with Gasteiger partial charge in [0.2, 0.25) is 0 Å². The van der Waals surface area contributed by atoms with Crippen molar-refractivity contribution >= 4 is 21.5 Å². The number of imidazole rings is 2. The highest BCUT2D eigenvalue weighted by Crippen LogP contribution is 2.41. The molecule has 10 rings (SSSR count). The lowest BCUT2D eigenvalue weighted by Gasteiger charge is -2.16. The maximum absolute atomic E-state index is 4.65. The number of rotatable bonds is 7. The van der Waals surface area contributed by atoms with Crippen molar-refractivity contribution in [3.8, 4) is 67.5 Å². The molecule has 254 valence electrons. The SMILES string of the molecule is c1ccc(-c2nccn2-c2ccc(-c3ccc(-c4ccc(-c5ccc(-n6ccnc6-c6ccccc6)cc5)c5ccccc45)c4ccccc34)cc2)cc1. The zero-order valence-electron chi connectivity index (χ0n) is 29.4. The lowest BCUT2D eigenvalue weighted by molar-refractivity contribution is 1.07. The Balaban J connectivity index is 1.00. The first-order chi connectivity index (χ1) is 26.8. The number of hydrogen-bond donors (Lipinski definition) is 0. The van der Waals surface area contributed by atoms with Crippen molar-refractivity contribution in [2.75, 3.05) is 0 Å². The molecule has 4 heteroatoms. The Labute approximate surface area is 313 Å². The Hall–Kier alpha value is -7.30. The molecule has 0 fully saturated rings. The molecule has 0 unspecified atom stereocenters. The number of nitrogens with zero attached hydrogens (tertiary/aromatic N) is 4. The molecule has 10 aromatic rings. The molecule has 0 aliphatic rings. The average Bonchev–Trinajstić information content (AvgIpc) is 3.95. The summed E-state index contributed by atoms with van der Waals surface area (Å²) in [5.74, 6) is 1.86. The Bertz CT molecular complexity index is 2700. The van der Waals surface area contributed by atoms with Gasteiger partial charge >= 0.3 is 0 Å². The summed E-state index contributed by atoms with van der Waals surface area (Å²) in [4.78, 5) is 9.30. The Morgan fingerprint density at radius 1 is 0.278 bits per heavy atom. The second-order valence-electron chi connectivity index (χ2n) is 13.5. The van der Waals surface area contributed by atoms with Gasteiger partial charge in [-0.3, -0.25) is 9.13 Å². The third kappa shape index (κ3) is 5.49. The van der Waals surface area contributed by atoms with Crippen LogP contribution in [0.4, 0.5) is 0 Å². The van der Waals surface area contributed by atoms with Gasteiger partial charge in [0, 0.05) is 47.3 Å². The first-order valence-electron chi connectivity index (χ1n) is 18.2. The van der Waals surface area contributed by atoms with E-state index in [9.17, 15) is 0 Å². The molecule has 0 radical (unpaired) electrons. The number of aromatic nitrogens is 4. The smallest absolute Gasteiger partial charge is 0.144 e. The second-order valence-corrected chi connectivity index (χ2v) is 13.5. The molecular weight excluding hydrogens is 657 g/mol. The summed E-state index contributed by atoms with van der Waals surface area (Å²) in [6.45, 7) is 0. The quantitative estimate of drug-likeness (QED) is 0.167. The van der Waals surface area contributed by atoms with E-state index in [0.717, 1.165) is 34.2 Å². The van der Waals surface area contributed by atoms with Gasteiger partial charge in [-0.15, -0.1) is 0 Å². The Morgan fingerprint density at radius 3 is 1.00 bits per heavy atom. The fraction of sp³-hybridized carbons (Fsp3) is 0. The van der Waals surface area contributed by atoms with Crippen LogP contribution in [0.1, 0.15) is 0 Å². The van der Waals surface area contributed by atoms with Crippen LogP contribution in [-0.2, 0) is 0 Å². The van der Waals surface area contributed by atoms with E-state index in [1.54, 1.807) is 0 Å². The zero-order chi connectivity index (χ0) is 35.8. The van der Waals surface area contributed by atoms with Crippen LogP contribution in [0, 0.1) is 0 Å². The maximum Gasteiger partial charge on any atom is 0.144 e. The van der Waals surface area contributed by atoms with E-state index in [1.807, 2.05) is 61.2 Å². The minimum atomic E-state index is 0.931. The van der Waals surface area contributed by atoms with Crippen molar-refractivity contribution in [1.29, 1.82) is 0 Å². The van der Waals surface area contributed by atoms with Crippen LogP contribution in [0.25, 0.3) is 89.1 Å². The van der Waals surface area contributed by atoms with Gasteiger partial charge in [0.05, 0.1) is 0 Å². The topological polar surface area (TPSA) is 35.6 Å². The lowest BCUT2D eigenvalue weighted by atomic mass is 9.88. The van der Waals surface area contributed by atoms with E-state index >= 15 is 0 Å². The highest BCUT2D eigenvalue weighted by Gasteiger charge is 2.15. The number of hydrogen-bond acceptors (Lipinski definition) is 2. The molecule has 0 spiro atoms. The summed E-state index contributed by atoms with van der Waals surface area (Å²) in [6.07, 6.45) is 7.77. The minimum absolute atomic E-state index is 0.931. The van der Waals surface area contributed by atoms with E-state index < -0.39 is 0 Å². The Kier molecular flexibility index (Phi) is 7.77. The van der Waals surface area contributed by atoms with Crippen LogP contribution in [-0.4, -0.2) is 19.1 Å². The van der Waals surface area contributed by atoms with Crippen LogP contribution in [0.2, 0.25) is 0 Å². The van der Waals surface area contributed by atoms with Crippen LogP contribution in [0.3, 0.4) is 0 Å². The van der Waals surface area contributed by atoms with Crippen molar-refractivity contribution in [2.45, 2.75) is 0 Å². The maximum atomic E-state index is 4.65. The van der Waals surface area contributed by atoms with Crippen molar-refractivity contribution in [3.63, 3.8) is 0 Å². The van der Waals surface area contributed by atoms with E-state index in [1.165, 1.54) is 54.9 Å². The average molecular weight is 691 g/mol. The van der Waals surface area contributed by atoms with Crippen molar-refractivity contribution in [2.24, 2.45) is 0 Å². The zero-order valence-corrected chi connectivity index (χ0v) is 29.4. The Morgan fingerprint density at radius 2 is 0.611 bits per heavy atom. The van der Waals surface area contributed by atoms with Crippen LogP contribution < -0.4 is 0 Å². The second kappa shape index (κ2) is 13.4. The van der Waals surface area contributed by atoms with Crippen LogP contribution in [0.5, 0.6) is 0 Å². The van der Waals surface area contributed by atoms with E-state index in [4.69, 9.17) is 0 Å². The highest BCUT2D eigenvalue weighted by atomic mass is 15.1. The van der Waals surface area contributed by atoms with Crippen molar-refractivity contribution in [1.82, 2.24) is 19.1 Å². The number of benzene rings is 8. The van der Waals surface area contributed by atoms with Crippen molar-refractivity contribution in [3.05, 3.63) is 207 Å². The standard InChI is InChI=1S/C50H34N4/c1-3-11-37(12-4-1)49-51-31-33-53(49)39-23-19-35(20-24-39)41-27-29-47(45-17-9-7-15-43(41)45)48-30-28-42(44-16-8-10-18-46(44)48)36-21-25-40(26-22-36)54-34-32-52-50(54)38-13-5-2-6-14-38/h1-34H. The molecule has 2 heterocycles. The third-order valence-electron chi connectivity index (χ3n) is 10.4. The normalized spacial score (nSPS) is 11.3. The summed E-state index contributed by atoms with van der Waals surface area (Å²) in [7, 11) is 0. The highest BCUT2D eigenvalue weighted by molar-refractivity contribution is 6.12. The van der Waals surface area contributed by atoms with Gasteiger partial charge in [0.25, 0.3) is 0 Å². The third-order valence-corrected chi connectivity index (χ3v) is 10.4. The molecule has 8 aromatic carbocycles. The molecule has 0 amide bonds. The van der Waals surface area contributed by atoms with E-state index in [0.29, 0.717) is 0 Å². The van der Waals surface area contributed by atoms with Gasteiger partial charge < -0.3 is 0 Å². The fourth-order valence-corrected chi connectivity index (χ4v) is 7.80. The summed E-state index contributed by atoms with van der Waals surface area (Å²) in [5.41, 5.74) is 11.6. The largest absolute Gasteiger partial charge is 0.300 e. The molecule has 0 atom stereocenters. The summed E-state index contributed by atoms with van der Waals surface area (Å²) in [5, 5.41) is 4.93. The van der Waals surface area contributed by atoms with Gasteiger partial charge in [-0.25, -0.2) is 9.97 Å². The molecule has 2 aromatic heterocycles. The molecule has 0 N–H and O–H groups in total. The van der Waals surface area contributed by atoms with E-state index in [-0.39, 0.29) is 0 Å². The molecular formula is C50H34N4. The predicted molar refractivity (Wildman–Crippen MR) is 223 cm³/mol. The molecule has 0 aliphatic heterocycles. The molecule has 0 saturated carbocycles. The van der Waals surface area contributed by atoms with Gasteiger partial charge in [0.15, 0.2) is 0 Å². The predicted octanol–water partition coefficient (Wildman–Crippen LogP) is 12.7. The van der Waals surface area contributed by atoms with Crippen LogP contribution in [0.15, 0.2) is 207 Å². The molecule has 4 nitrogen and oxygen atoms in total. The molecule has 54 heavy (non-hydrogen) atoms. The van der Waals surface area contributed by atoms with Gasteiger partial charge in [-0.05, 0) is 79.2 Å². The van der Waals surface area contributed by atoms with Gasteiger partial charge in [-0.2, -0.15) is 0 Å². The summed E-state index contributed by atoms with van der Waals surface area (Å²) in [6, 6.07) is 64.9. The summed E-state index contributed by atoms with van der Waals surface area (Å²) >= 11 is 0.